The second-order valence-corrected chi connectivity index (χ2v) is 5.94. The lowest BCUT2D eigenvalue weighted by atomic mass is 10.1. The monoisotopic (exact) mass is 412 g/mol. The zero-order chi connectivity index (χ0) is 20.1. The first kappa shape index (κ1) is 20.5. The first-order valence-electron chi connectivity index (χ1n) is 7.58. The van der Waals surface area contributed by atoms with Crippen LogP contribution in [0.25, 0.3) is 0 Å². The minimum atomic E-state index is -0.636. The van der Waals surface area contributed by atoms with Gasteiger partial charge in [-0.2, -0.15) is 0 Å². The molecular weight excluding hydrogens is 399 g/mol. The number of methoxy groups -OCH3 is 1. The van der Waals surface area contributed by atoms with Crippen LogP contribution in [0.15, 0.2) is 30.3 Å². The number of non-ortho nitro benzene ring substituents is 1. The Balaban J connectivity index is 2.33. The minimum absolute atomic E-state index is 0.0202. The Morgan fingerprint density at radius 1 is 1.15 bits per heavy atom. The molecule has 0 fully saturated rings. The molecule has 0 spiro atoms. The van der Waals surface area contributed by atoms with E-state index >= 15 is 0 Å². The van der Waals surface area contributed by atoms with Crippen LogP contribution in [-0.4, -0.2) is 30.5 Å². The van der Waals surface area contributed by atoms with Crippen LogP contribution in [0.4, 0.5) is 11.4 Å². The number of carbonyl (C=O) groups excluding carboxylic acids is 2. The van der Waals surface area contributed by atoms with Gasteiger partial charge in [0.1, 0.15) is 11.3 Å². The number of benzene rings is 2. The second-order valence-electron chi connectivity index (χ2n) is 5.13. The predicted octanol–water partition coefficient (Wildman–Crippen LogP) is 4.34. The zero-order valence-corrected chi connectivity index (χ0v) is 15.8. The van der Waals surface area contributed by atoms with Crippen molar-refractivity contribution in [3.63, 3.8) is 0 Å². The normalized spacial score (nSPS) is 10.2. The maximum Gasteiger partial charge on any atom is 0.341 e. The van der Waals surface area contributed by atoms with Gasteiger partial charge in [0.05, 0.1) is 39.9 Å². The standard InChI is InChI=1S/C17H14Cl2N2O6/c1-3-27-17(23)11-7-13(19)14(8-15(11)26-2)20-16(22)10-5-4-9(21(24)25)6-12(10)18/h4-8H,3H2,1-2H3,(H,20,22). The van der Waals surface area contributed by atoms with E-state index < -0.39 is 16.8 Å². The predicted molar refractivity (Wildman–Crippen MR) is 100 cm³/mol. The number of nitro groups is 1. The van der Waals surface area contributed by atoms with E-state index in [1.165, 1.54) is 25.3 Å². The van der Waals surface area contributed by atoms with Gasteiger partial charge in [0.15, 0.2) is 0 Å². The molecule has 0 aromatic heterocycles. The Labute approximate surface area is 164 Å². The van der Waals surface area contributed by atoms with Gasteiger partial charge in [0.2, 0.25) is 0 Å². The Morgan fingerprint density at radius 2 is 1.85 bits per heavy atom. The molecule has 10 heteroatoms. The average Bonchev–Trinajstić information content (AvgIpc) is 2.62. The summed E-state index contributed by atoms with van der Waals surface area (Å²) in [7, 11) is 1.35. The summed E-state index contributed by atoms with van der Waals surface area (Å²) in [5.41, 5.74) is 0.0542. The third kappa shape index (κ3) is 4.66. The summed E-state index contributed by atoms with van der Waals surface area (Å²) in [6.07, 6.45) is 0. The van der Waals surface area contributed by atoms with Crippen LogP contribution >= 0.6 is 23.2 Å². The Hall–Kier alpha value is -2.84. The lowest BCUT2D eigenvalue weighted by molar-refractivity contribution is -0.384. The van der Waals surface area contributed by atoms with Gasteiger partial charge in [0, 0.05) is 18.2 Å². The zero-order valence-electron chi connectivity index (χ0n) is 14.2. The maximum absolute atomic E-state index is 12.4. The van der Waals surface area contributed by atoms with Gasteiger partial charge in [-0.3, -0.25) is 14.9 Å². The quantitative estimate of drug-likeness (QED) is 0.429. The third-order valence-electron chi connectivity index (χ3n) is 3.44. The molecule has 0 aliphatic carbocycles. The maximum atomic E-state index is 12.4. The van der Waals surface area contributed by atoms with E-state index in [0.717, 1.165) is 12.1 Å². The van der Waals surface area contributed by atoms with Crippen LogP contribution in [0.1, 0.15) is 27.6 Å². The van der Waals surface area contributed by atoms with Gasteiger partial charge < -0.3 is 14.8 Å². The molecule has 2 rings (SSSR count). The van der Waals surface area contributed by atoms with Crippen LogP contribution in [0.5, 0.6) is 5.75 Å². The van der Waals surface area contributed by atoms with Gasteiger partial charge in [-0.25, -0.2) is 4.79 Å². The van der Waals surface area contributed by atoms with E-state index in [0.29, 0.717) is 0 Å². The summed E-state index contributed by atoms with van der Waals surface area (Å²) in [4.78, 5) is 34.5. The molecule has 2 aromatic carbocycles. The van der Waals surface area contributed by atoms with E-state index in [4.69, 9.17) is 32.7 Å². The van der Waals surface area contributed by atoms with Crippen LogP contribution in [0.2, 0.25) is 10.0 Å². The number of nitro benzene ring substituents is 1. The van der Waals surface area contributed by atoms with Crippen molar-refractivity contribution >= 4 is 46.5 Å². The molecule has 0 bridgehead atoms. The number of nitrogens with one attached hydrogen (secondary N) is 1. The van der Waals surface area contributed by atoms with Crippen LogP contribution in [-0.2, 0) is 4.74 Å². The van der Waals surface area contributed by atoms with Crippen molar-refractivity contribution in [1.29, 1.82) is 0 Å². The van der Waals surface area contributed by atoms with Crippen molar-refractivity contribution < 1.29 is 24.0 Å². The number of anilines is 1. The molecule has 0 saturated carbocycles. The summed E-state index contributed by atoms with van der Waals surface area (Å²) >= 11 is 12.1. The van der Waals surface area contributed by atoms with Crippen molar-refractivity contribution in [2.24, 2.45) is 0 Å². The summed E-state index contributed by atoms with van der Waals surface area (Å²) in [5, 5.41) is 13.3. The second kappa shape index (κ2) is 8.70. The molecule has 1 N–H and O–H groups in total. The molecule has 0 saturated heterocycles. The molecule has 1 amide bonds. The number of hydrogen-bond acceptors (Lipinski definition) is 6. The Kier molecular flexibility index (Phi) is 6.59. The van der Waals surface area contributed by atoms with Crippen molar-refractivity contribution in [2.75, 3.05) is 19.0 Å². The summed E-state index contributed by atoms with van der Waals surface area (Å²) in [6.45, 7) is 1.84. The highest BCUT2D eigenvalue weighted by atomic mass is 35.5. The molecule has 0 radical (unpaired) electrons. The number of amides is 1. The fraction of sp³-hybridized carbons (Fsp3) is 0.176. The molecule has 0 aliphatic rings. The van der Waals surface area contributed by atoms with Crippen LogP contribution in [0, 0.1) is 10.1 Å². The highest BCUT2D eigenvalue weighted by Gasteiger charge is 2.20. The number of esters is 1. The fourth-order valence-corrected chi connectivity index (χ4v) is 2.65. The largest absolute Gasteiger partial charge is 0.496 e. The Bertz CT molecular complexity index is 917. The smallest absolute Gasteiger partial charge is 0.341 e. The third-order valence-corrected chi connectivity index (χ3v) is 4.07. The molecule has 2 aromatic rings. The number of hydrogen-bond donors (Lipinski definition) is 1. The molecule has 0 heterocycles. The number of carbonyl (C=O) groups is 2. The van der Waals surface area contributed by atoms with Crippen LogP contribution < -0.4 is 10.1 Å². The van der Waals surface area contributed by atoms with Gasteiger partial charge >= 0.3 is 5.97 Å². The molecule has 142 valence electrons. The van der Waals surface area contributed by atoms with Gasteiger partial charge in [-0.1, -0.05) is 23.2 Å². The fourth-order valence-electron chi connectivity index (χ4n) is 2.18. The number of halogens is 2. The molecular formula is C17H14Cl2N2O6. The van der Waals surface area contributed by atoms with E-state index in [9.17, 15) is 19.7 Å². The van der Waals surface area contributed by atoms with E-state index in [-0.39, 0.29) is 44.9 Å². The van der Waals surface area contributed by atoms with Gasteiger partial charge in [-0.05, 0) is 19.1 Å². The van der Waals surface area contributed by atoms with Crippen molar-refractivity contribution in [3.05, 3.63) is 61.6 Å². The van der Waals surface area contributed by atoms with Crippen molar-refractivity contribution in [2.45, 2.75) is 6.92 Å². The topological polar surface area (TPSA) is 108 Å². The highest BCUT2D eigenvalue weighted by molar-refractivity contribution is 6.36. The minimum Gasteiger partial charge on any atom is -0.496 e. The first-order valence-corrected chi connectivity index (χ1v) is 8.34. The first-order chi connectivity index (χ1) is 12.8. The van der Waals surface area contributed by atoms with E-state index in [2.05, 4.69) is 5.32 Å². The summed E-state index contributed by atoms with van der Waals surface area (Å²) in [6, 6.07) is 6.14. The summed E-state index contributed by atoms with van der Waals surface area (Å²) < 4.78 is 10.1. The Morgan fingerprint density at radius 3 is 2.41 bits per heavy atom. The number of ether oxygens (including phenoxy) is 2. The lowest BCUT2D eigenvalue weighted by Crippen LogP contribution is -2.14. The average molecular weight is 413 g/mol. The van der Waals surface area contributed by atoms with Crippen molar-refractivity contribution in [1.82, 2.24) is 0 Å². The SMILES string of the molecule is CCOC(=O)c1cc(Cl)c(NC(=O)c2ccc([N+](=O)[O-])cc2Cl)cc1OC. The molecule has 0 aliphatic heterocycles. The number of rotatable bonds is 6. The van der Waals surface area contributed by atoms with Gasteiger partial charge in [-0.15, -0.1) is 0 Å². The van der Waals surface area contributed by atoms with Crippen LogP contribution in [0.3, 0.4) is 0 Å². The van der Waals surface area contributed by atoms with Gasteiger partial charge in [0.25, 0.3) is 11.6 Å². The highest BCUT2D eigenvalue weighted by Crippen LogP contribution is 2.32. The molecule has 8 nitrogen and oxygen atoms in total. The van der Waals surface area contributed by atoms with E-state index in [1.54, 1.807) is 6.92 Å². The molecule has 0 atom stereocenters. The lowest BCUT2D eigenvalue weighted by Gasteiger charge is -2.13. The number of nitrogens with zero attached hydrogens (tertiary/aromatic N) is 1. The molecule has 0 unspecified atom stereocenters. The van der Waals surface area contributed by atoms with Crippen molar-refractivity contribution in [3.8, 4) is 5.75 Å². The van der Waals surface area contributed by atoms with E-state index in [1.807, 2.05) is 0 Å². The summed E-state index contributed by atoms with van der Waals surface area (Å²) in [5.74, 6) is -1.10. The molecule has 27 heavy (non-hydrogen) atoms.